The number of carbonyl (C=O) groups excluding carboxylic acids is 1. The molecular weight excluding hydrogens is 236 g/mol. The first-order valence-corrected chi connectivity index (χ1v) is 7.15. The Balaban J connectivity index is 2.25. The fourth-order valence-electron chi connectivity index (χ4n) is 3.03. The highest BCUT2D eigenvalue weighted by Gasteiger charge is 2.39. The average molecular weight is 260 g/mol. The summed E-state index contributed by atoms with van der Waals surface area (Å²) >= 11 is 0. The van der Waals surface area contributed by atoms with Gasteiger partial charge < -0.3 is 10.2 Å². The number of carbonyl (C=O) groups is 1. The van der Waals surface area contributed by atoms with Crippen molar-refractivity contribution in [2.45, 2.75) is 33.1 Å². The van der Waals surface area contributed by atoms with Crippen LogP contribution in [0.1, 0.15) is 31.7 Å². The molecule has 0 bridgehead atoms. The first-order chi connectivity index (χ1) is 9.10. The third-order valence-corrected chi connectivity index (χ3v) is 4.47. The second-order valence-corrected chi connectivity index (χ2v) is 5.53. The molecule has 1 heterocycles. The lowest BCUT2D eigenvalue weighted by Crippen LogP contribution is -2.48. The molecule has 3 nitrogen and oxygen atoms in total. The van der Waals surface area contributed by atoms with Crippen molar-refractivity contribution in [2.75, 3.05) is 25.0 Å². The minimum atomic E-state index is -0.178. The van der Waals surface area contributed by atoms with Crippen LogP contribution in [-0.2, 0) is 4.79 Å². The molecule has 0 unspecified atom stereocenters. The molecule has 1 aliphatic heterocycles. The van der Waals surface area contributed by atoms with Crippen LogP contribution < -0.4 is 10.2 Å². The molecule has 0 atom stereocenters. The van der Waals surface area contributed by atoms with Crippen molar-refractivity contribution >= 4 is 11.6 Å². The van der Waals surface area contributed by atoms with Crippen molar-refractivity contribution in [3.8, 4) is 0 Å². The number of anilines is 1. The zero-order chi connectivity index (χ0) is 13.9. The summed E-state index contributed by atoms with van der Waals surface area (Å²) in [5.41, 5.74) is 2.00. The largest absolute Gasteiger partial charge is 0.317 e. The number of piperidine rings is 1. The lowest BCUT2D eigenvalue weighted by Gasteiger charge is -2.38. The predicted octanol–water partition coefficient (Wildman–Crippen LogP) is 2.74. The highest BCUT2D eigenvalue weighted by Crippen LogP contribution is 2.36. The van der Waals surface area contributed by atoms with Gasteiger partial charge in [-0.05, 0) is 50.9 Å². The van der Waals surface area contributed by atoms with Gasteiger partial charge in [0.15, 0.2) is 0 Å². The number of aryl methyl sites for hydroxylation is 1. The smallest absolute Gasteiger partial charge is 0.233 e. The lowest BCUT2D eigenvalue weighted by atomic mass is 9.75. The van der Waals surface area contributed by atoms with Crippen LogP contribution in [0.4, 0.5) is 5.69 Å². The van der Waals surface area contributed by atoms with Gasteiger partial charge in [-0.25, -0.2) is 0 Å². The molecule has 1 amide bonds. The molecule has 1 aliphatic rings. The summed E-state index contributed by atoms with van der Waals surface area (Å²) in [4.78, 5) is 14.8. The van der Waals surface area contributed by atoms with E-state index in [2.05, 4.69) is 25.2 Å². The third-order valence-electron chi connectivity index (χ3n) is 4.47. The minimum Gasteiger partial charge on any atom is -0.317 e. The highest BCUT2D eigenvalue weighted by molar-refractivity contribution is 5.97. The fraction of sp³-hybridized carbons (Fsp3) is 0.562. The van der Waals surface area contributed by atoms with E-state index in [9.17, 15) is 4.79 Å². The third kappa shape index (κ3) is 2.66. The number of para-hydroxylation sites is 1. The van der Waals surface area contributed by atoms with Crippen LogP contribution in [0.5, 0.6) is 0 Å². The van der Waals surface area contributed by atoms with Crippen LogP contribution in [0.15, 0.2) is 24.3 Å². The maximum atomic E-state index is 12.9. The molecule has 3 heteroatoms. The number of nitrogens with zero attached hydrogens (tertiary/aromatic N) is 1. The number of benzene rings is 1. The Hall–Kier alpha value is -1.35. The van der Waals surface area contributed by atoms with E-state index in [0.717, 1.165) is 43.6 Å². The number of rotatable bonds is 3. The van der Waals surface area contributed by atoms with Crippen molar-refractivity contribution in [1.29, 1.82) is 0 Å². The van der Waals surface area contributed by atoms with Gasteiger partial charge in [0.25, 0.3) is 0 Å². The summed E-state index contributed by atoms with van der Waals surface area (Å²) in [7, 11) is 1.91. The van der Waals surface area contributed by atoms with Crippen molar-refractivity contribution < 1.29 is 4.79 Å². The van der Waals surface area contributed by atoms with Crippen LogP contribution in [0.3, 0.4) is 0 Å². The van der Waals surface area contributed by atoms with E-state index in [-0.39, 0.29) is 11.3 Å². The maximum absolute atomic E-state index is 12.9. The molecule has 2 rings (SSSR count). The van der Waals surface area contributed by atoms with E-state index in [1.54, 1.807) is 0 Å². The van der Waals surface area contributed by atoms with E-state index in [1.807, 2.05) is 30.1 Å². The van der Waals surface area contributed by atoms with Gasteiger partial charge in [-0.1, -0.05) is 25.1 Å². The van der Waals surface area contributed by atoms with Crippen molar-refractivity contribution in [1.82, 2.24) is 5.32 Å². The predicted molar refractivity (Wildman–Crippen MR) is 79.4 cm³/mol. The number of amides is 1. The molecule has 1 aromatic rings. The van der Waals surface area contributed by atoms with E-state index < -0.39 is 0 Å². The average Bonchev–Trinajstić information content (AvgIpc) is 2.47. The quantitative estimate of drug-likeness (QED) is 0.906. The van der Waals surface area contributed by atoms with Crippen molar-refractivity contribution in [3.05, 3.63) is 29.8 Å². The zero-order valence-electron chi connectivity index (χ0n) is 12.2. The van der Waals surface area contributed by atoms with Crippen LogP contribution in [-0.4, -0.2) is 26.0 Å². The number of hydrogen-bond donors (Lipinski definition) is 1. The molecule has 0 saturated carbocycles. The summed E-state index contributed by atoms with van der Waals surface area (Å²) < 4.78 is 0. The van der Waals surface area contributed by atoms with Crippen LogP contribution >= 0.6 is 0 Å². The molecule has 0 spiro atoms. The van der Waals surface area contributed by atoms with Gasteiger partial charge in [0.05, 0.1) is 5.41 Å². The first-order valence-electron chi connectivity index (χ1n) is 7.15. The fourth-order valence-corrected chi connectivity index (χ4v) is 3.03. The van der Waals surface area contributed by atoms with E-state index in [0.29, 0.717) is 0 Å². The van der Waals surface area contributed by atoms with Gasteiger partial charge in [-0.3, -0.25) is 4.79 Å². The Kier molecular flexibility index (Phi) is 4.25. The standard InChI is InChI=1S/C16H24N2O/c1-4-16(9-11-17-12-10-16)15(19)18(3)14-8-6-5-7-13(14)2/h5-8,17H,4,9-12H2,1-3H3. The maximum Gasteiger partial charge on any atom is 0.233 e. The molecule has 1 N–H and O–H groups in total. The van der Waals surface area contributed by atoms with Gasteiger partial charge in [0.1, 0.15) is 0 Å². The van der Waals surface area contributed by atoms with E-state index >= 15 is 0 Å². The molecule has 0 aromatic heterocycles. The van der Waals surface area contributed by atoms with Gasteiger partial charge in [-0.2, -0.15) is 0 Å². The second-order valence-electron chi connectivity index (χ2n) is 5.53. The molecule has 0 aliphatic carbocycles. The Morgan fingerprint density at radius 3 is 2.53 bits per heavy atom. The van der Waals surface area contributed by atoms with Crippen LogP contribution in [0.25, 0.3) is 0 Å². The topological polar surface area (TPSA) is 32.3 Å². The van der Waals surface area contributed by atoms with Gasteiger partial charge >= 0.3 is 0 Å². The Bertz CT molecular complexity index is 450. The van der Waals surface area contributed by atoms with Gasteiger partial charge in [0.2, 0.25) is 5.91 Å². The van der Waals surface area contributed by atoms with Crippen LogP contribution in [0, 0.1) is 12.3 Å². The normalized spacial score (nSPS) is 18.1. The number of hydrogen-bond acceptors (Lipinski definition) is 2. The Labute approximate surface area is 116 Å². The Morgan fingerprint density at radius 1 is 1.32 bits per heavy atom. The van der Waals surface area contributed by atoms with Crippen molar-refractivity contribution in [2.24, 2.45) is 5.41 Å². The first kappa shape index (κ1) is 14.1. The van der Waals surface area contributed by atoms with Gasteiger partial charge in [0, 0.05) is 12.7 Å². The second kappa shape index (κ2) is 5.74. The van der Waals surface area contributed by atoms with Crippen molar-refractivity contribution in [3.63, 3.8) is 0 Å². The van der Waals surface area contributed by atoms with Gasteiger partial charge in [-0.15, -0.1) is 0 Å². The summed E-state index contributed by atoms with van der Waals surface area (Å²) in [6.45, 7) is 6.08. The SMILES string of the molecule is CCC1(C(=O)N(C)c2ccccc2C)CCNCC1. The summed E-state index contributed by atoms with van der Waals surface area (Å²) in [6.07, 6.45) is 2.81. The Morgan fingerprint density at radius 2 is 1.95 bits per heavy atom. The minimum absolute atomic E-state index is 0.178. The lowest BCUT2D eigenvalue weighted by molar-refractivity contribution is -0.129. The summed E-state index contributed by atoms with van der Waals surface area (Å²) in [6, 6.07) is 8.09. The molecule has 1 saturated heterocycles. The highest BCUT2D eigenvalue weighted by atomic mass is 16.2. The van der Waals surface area contributed by atoms with E-state index in [1.165, 1.54) is 0 Å². The molecule has 0 radical (unpaired) electrons. The molecule has 104 valence electrons. The molecule has 19 heavy (non-hydrogen) atoms. The van der Waals surface area contributed by atoms with E-state index in [4.69, 9.17) is 0 Å². The molecular formula is C16H24N2O. The van der Waals surface area contributed by atoms with Crippen LogP contribution in [0.2, 0.25) is 0 Å². The number of nitrogens with one attached hydrogen (secondary N) is 1. The summed E-state index contributed by atoms with van der Waals surface area (Å²) in [5.74, 6) is 0.269. The zero-order valence-corrected chi connectivity index (χ0v) is 12.2. The monoisotopic (exact) mass is 260 g/mol. The molecule has 1 fully saturated rings. The molecule has 1 aromatic carbocycles. The summed E-state index contributed by atoms with van der Waals surface area (Å²) in [5, 5.41) is 3.35.